The number of aliphatic imine (C=N–C) groups is 1. The first-order chi connectivity index (χ1) is 12.7. The fraction of sp³-hybridized carbons (Fsp3) is 0.316. The molecule has 0 radical (unpaired) electrons. The van der Waals surface area contributed by atoms with E-state index in [9.17, 15) is 4.39 Å². The van der Waals surface area contributed by atoms with Gasteiger partial charge in [0.2, 0.25) is 0 Å². The van der Waals surface area contributed by atoms with Gasteiger partial charge in [0.1, 0.15) is 18.2 Å². The highest BCUT2D eigenvalue weighted by atomic mass is 19.1. The van der Waals surface area contributed by atoms with Crippen LogP contribution < -0.4 is 24.8 Å². The molecule has 0 saturated carbocycles. The molecule has 6 nitrogen and oxygen atoms in total. The average molecular weight is 361 g/mol. The van der Waals surface area contributed by atoms with Crippen LogP contribution in [-0.2, 0) is 0 Å². The summed E-state index contributed by atoms with van der Waals surface area (Å²) in [6, 6.07) is 11.6. The normalized spacial score (nSPS) is 11.0. The molecule has 0 spiro atoms. The van der Waals surface area contributed by atoms with Crippen molar-refractivity contribution in [3.63, 3.8) is 0 Å². The van der Waals surface area contributed by atoms with Crippen LogP contribution in [0.5, 0.6) is 17.2 Å². The first-order valence-electron chi connectivity index (χ1n) is 8.33. The Balaban J connectivity index is 1.85. The van der Waals surface area contributed by atoms with E-state index in [2.05, 4.69) is 15.6 Å². The summed E-state index contributed by atoms with van der Waals surface area (Å²) in [5, 5.41) is 6.30. The molecule has 2 aromatic rings. The quantitative estimate of drug-likeness (QED) is 0.429. The number of rotatable bonds is 8. The van der Waals surface area contributed by atoms with E-state index in [1.54, 1.807) is 26.3 Å². The maximum absolute atomic E-state index is 13.1. The van der Waals surface area contributed by atoms with Crippen molar-refractivity contribution in [2.75, 3.05) is 39.2 Å². The lowest BCUT2D eigenvalue weighted by atomic mass is 10.2. The zero-order valence-electron chi connectivity index (χ0n) is 15.2. The van der Waals surface area contributed by atoms with Crippen LogP contribution in [0, 0.1) is 5.82 Å². The zero-order chi connectivity index (χ0) is 18.8. The molecular formula is C19H24FN3O3. The van der Waals surface area contributed by atoms with Gasteiger partial charge in [-0.3, -0.25) is 4.99 Å². The summed E-state index contributed by atoms with van der Waals surface area (Å²) in [4.78, 5) is 4.16. The number of halogens is 1. The van der Waals surface area contributed by atoms with Crippen LogP contribution in [0.2, 0.25) is 0 Å². The average Bonchev–Trinajstić information content (AvgIpc) is 2.65. The van der Waals surface area contributed by atoms with E-state index in [1.807, 2.05) is 25.1 Å². The van der Waals surface area contributed by atoms with Crippen molar-refractivity contribution in [2.45, 2.75) is 6.92 Å². The molecule has 0 fully saturated rings. The van der Waals surface area contributed by atoms with E-state index in [-0.39, 0.29) is 5.82 Å². The fourth-order valence-electron chi connectivity index (χ4n) is 2.23. The Morgan fingerprint density at radius 2 is 1.96 bits per heavy atom. The van der Waals surface area contributed by atoms with Crippen molar-refractivity contribution in [1.29, 1.82) is 0 Å². The molecule has 26 heavy (non-hydrogen) atoms. The number of nitrogens with zero attached hydrogens (tertiary/aromatic N) is 1. The molecule has 0 aromatic heterocycles. The lowest BCUT2D eigenvalue weighted by Gasteiger charge is -2.15. The van der Waals surface area contributed by atoms with E-state index in [0.717, 1.165) is 5.69 Å². The van der Waals surface area contributed by atoms with Gasteiger partial charge in [0.05, 0.1) is 20.3 Å². The summed E-state index contributed by atoms with van der Waals surface area (Å²) in [7, 11) is 3.27. The maximum atomic E-state index is 13.1. The molecule has 0 atom stereocenters. The standard InChI is InChI=1S/C19H24FN3O3/c1-4-25-17-9-8-15(13-18(17)24-3)23-19(21-2)22-10-11-26-16-7-5-6-14(20)12-16/h5-9,12-13H,4,10-11H2,1-3H3,(H2,21,22,23). The van der Waals surface area contributed by atoms with E-state index < -0.39 is 0 Å². The van der Waals surface area contributed by atoms with Crippen LogP contribution >= 0.6 is 0 Å². The molecule has 0 aliphatic heterocycles. The van der Waals surface area contributed by atoms with Gasteiger partial charge in [-0.25, -0.2) is 4.39 Å². The smallest absolute Gasteiger partial charge is 0.195 e. The molecule has 0 amide bonds. The number of benzene rings is 2. The SMILES string of the molecule is CCOc1ccc(NC(=NC)NCCOc2cccc(F)c2)cc1OC. The van der Waals surface area contributed by atoms with Gasteiger partial charge in [0, 0.05) is 24.9 Å². The van der Waals surface area contributed by atoms with Crippen molar-refractivity contribution in [3.05, 3.63) is 48.3 Å². The van der Waals surface area contributed by atoms with Crippen molar-refractivity contribution < 1.29 is 18.6 Å². The summed E-state index contributed by atoms with van der Waals surface area (Å²) in [6.45, 7) is 3.36. The molecule has 0 heterocycles. The highest BCUT2D eigenvalue weighted by Gasteiger charge is 2.07. The molecule has 140 valence electrons. The van der Waals surface area contributed by atoms with Gasteiger partial charge in [0.25, 0.3) is 0 Å². The van der Waals surface area contributed by atoms with E-state index >= 15 is 0 Å². The molecule has 0 unspecified atom stereocenters. The topological polar surface area (TPSA) is 64.1 Å². The van der Waals surface area contributed by atoms with Gasteiger partial charge in [-0.2, -0.15) is 0 Å². The third-order valence-electron chi connectivity index (χ3n) is 3.41. The van der Waals surface area contributed by atoms with Crippen LogP contribution in [0.1, 0.15) is 6.92 Å². The molecule has 7 heteroatoms. The first kappa shape index (κ1) is 19.4. The van der Waals surface area contributed by atoms with Crippen LogP contribution in [0.15, 0.2) is 47.5 Å². The van der Waals surface area contributed by atoms with Gasteiger partial charge < -0.3 is 24.8 Å². The minimum absolute atomic E-state index is 0.322. The third kappa shape index (κ3) is 5.84. The summed E-state index contributed by atoms with van der Waals surface area (Å²) in [6.07, 6.45) is 0. The monoisotopic (exact) mass is 361 g/mol. The predicted octanol–water partition coefficient (Wildman–Crippen LogP) is 3.30. The van der Waals surface area contributed by atoms with Gasteiger partial charge in [-0.05, 0) is 31.2 Å². The van der Waals surface area contributed by atoms with Gasteiger partial charge in [0.15, 0.2) is 17.5 Å². The molecule has 2 rings (SSSR count). The first-order valence-corrected chi connectivity index (χ1v) is 8.33. The number of nitrogens with one attached hydrogen (secondary N) is 2. The van der Waals surface area contributed by atoms with Crippen LogP contribution in [0.25, 0.3) is 0 Å². The Hall–Kier alpha value is -2.96. The minimum atomic E-state index is -0.322. The van der Waals surface area contributed by atoms with Crippen molar-refractivity contribution in [1.82, 2.24) is 5.32 Å². The van der Waals surface area contributed by atoms with Crippen LogP contribution in [-0.4, -0.2) is 39.9 Å². The predicted molar refractivity (Wildman–Crippen MR) is 101 cm³/mol. The number of methoxy groups -OCH3 is 1. The Labute approximate surface area is 153 Å². The largest absolute Gasteiger partial charge is 0.493 e. The lowest BCUT2D eigenvalue weighted by Crippen LogP contribution is -2.33. The number of guanidine groups is 1. The highest BCUT2D eigenvalue weighted by Crippen LogP contribution is 2.30. The summed E-state index contributed by atoms with van der Waals surface area (Å²) >= 11 is 0. The Morgan fingerprint density at radius 1 is 1.12 bits per heavy atom. The molecule has 0 aliphatic carbocycles. The van der Waals surface area contributed by atoms with Crippen molar-refractivity contribution in [3.8, 4) is 17.2 Å². The van der Waals surface area contributed by atoms with Crippen molar-refractivity contribution >= 4 is 11.6 Å². The van der Waals surface area contributed by atoms with Crippen LogP contribution in [0.4, 0.5) is 10.1 Å². The third-order valence-corrected chi connectivity index (χ3v) is 3.41. The second kappa shape index (κ2) is 10.1. The Kier molecular flexibility index (Phi) is 7.54. The van der Waals surface area contributed by atoms with Crippen LogP contribution in [0.3, 0.4) is 0 Å². The zero-order valence-corrected chi connectivity index (χ0v) is 15.2. The number of ether oxygens (including phenoxy) is 3. The number of anilines is 1. The van der Waals surface area contributed by atoms with Crippen molar-refractivity contribution in [2.24, 2.45) is 4.99 Å². The van der Waals surface area contributed by atoms with Gasteiger partial charge >= 0.3 is 0 Å². The molecule has 0 saturated heterocycles. The highest BCUT2D eigenvalue weighted by molar-refractivity contribution is 5.93. The molecule has 0 bridgehead atoms. The lowest BCUT2D eigenvalue weighted by molar-refractivity contribution is 0.311. The summed E-state index contributed by atoms with van der Waals surface area (Å²) in [5.74, 6) is 2.08. The second-order valence-corrected chi connectivity index (χ2v) is 5.23. The summed E-state index contributed by atoms with van der Waals surface area (Å²) in [5.41, 5.74) is 0.810. The molecule has 0 aliphatic rings. The second-order valence-electron chi connectivity index (χ2n) is 5.23. The van der Waals surface area contributed by atoms with E-state index in [0.29, 0.717) is 43.0 Å². The Bertz CT molecular complexity index is 738. The summed E-state index contributed by atoms with van der Waals surface area (Å²) < 4.78 is 29.4. The van der Waals surface area contributed by atoms with Gasteiger partial charge in [-0.15, -0.1) is 0 Å². The van der Waals surface area contributed by atoms with E-state index in [4.69, 9.17) is 14.2 Å². The maximum Gasteiger partial charge on any atom is 0.195 e. The molecule has 2 aromatic carbocycles. The van der Waals surface area contributed by atoms with Gasteiger partial charge in [-0.1, -0.05) is 6.07 Å². The van der Waals surface area contributed by atoms with E-state index in [1.165, 1.54) is 12.1 Å². The molecule has 2 N–H and O–H groups in total. The fourth-order valence-corrected chi connectivity index (χ4v) is 2.23. The minimum Gasteiger partial charge on any atom is -0.493 e. The number of hydrogen-bond acceptors (Lipinski definition) is 4. The number of hydrogen-bond donors (Lipinski definition) is 2. The molecular weight excluding hydrogens is 337 g/mol. The Morgan fingerprint density at radius 3 is 2.65 bits per heavy atom.